The molecule has 0 fully saturated rings. The Kier molecular flexibility index (Phi) is 6.35. The fourth-order valence-electron chi connectivity index (χ4n) is 1.70. The van der Waals surface area contributed by atoms with Gasteiger partial charge in [0, 0.05) is 24.7 Å². The van der Waals surface area contributed by atoms with Crippen molar-refractivity contribution in [3.8, 4) is 0 Å². The first-order valence-corrected chi connectivity index (χ1v) is 5.45. The van der Waals surface area contributed by atoms with Crippen LogP contribution in [0.4, 0.5) is 0 Å². The molecule has 0 heterocycles. The van der Waals surface area contributed by atoms with E-state index in [-0.39, 0.29) is 0 Å². The van der Waals surface area contributed by atoms with E-state index in [1.165, 1.54) is 6.42 Å². The monoisotopic (exact) mass is 186 g/mol. The molecule has 0 aliphatic carbocycles. The molecule has 0 aromatic carbocycles. The van der Waals surface area contributed by atoms with E-state index in [1.807, 2.05) is 7.05 Å². The van der Waals surface area contributed by atoms with E-state index >= 15 is 0 Å². The number of nitrogens with zero attached hydrogens (tertiary/aromatic N) is 1. The Morgan fingerprint density at radius 3 is 1.77 bits per heavy atom. The topological polar surface area (TPSA) is 15.3 Å². The Labute approximate surface area is 83.7 Å². The van der Waals surface area contributed by atoms with Gasteiger partial charge in [0.1, 0.15) is 0 Å². The maximum Gasteiger partial charge on any atom is 0.0189 e. The Morgan fingerprint density at radius 1 is 1.08 bits per heavy atom. The number of hydrogen-bond acceptors (Lipinski definition) is 2. The van der Waals surface area contributed by atoms with Crippen LogP contribution in [0.2, 0.25) is 0 Å². The number of likely N-dealkylation sites (N-methyl/N-ethyl adjacent to an activating group) is 1. The van der Waals surface area contributed by atoms with E-state index in [0.29, 0.717) is 18.1 Å². The van der Waals surface area contributed by atoms with Crippen molar-refractivity contribution in [3.05, 3.63) is 0 Å². The average molecular weight is 186 g/mol. The van der Waals surface area contributed by atoms with Crippen LogP contribution in [0.5, 0.6) is 0 Å². The zero-order valence-electron chi connectivity index (χ0n) is 10.1. The first-order valence-electron chi connectivity index (χ1n) is 5.45. The third-order valence-electron chi connectivity index (χ3n) is 2.66. The third-order valence-corrected chi connectivity index (χ3v) is 2.66. The standard InChI is InChI=1S/C11H26N2/c1-7-11(12-6)8-13(9(2)3)10(4)5/h9-12H,7-8H2,1-6H3/t11-/m0/s1. The number of rotatable bonds is 6. The summed E-state index contributed by atoms with van der Waals surface area (Å²) < 4.78 is 0. The fourth-order valence-corrected chi connectivity index (χ4v) is 1.70. The highest BCUT2D eigenvalue weighted by Crippen LogP contribution is 2.07. The van der Waals surface area contributed by atoms with Gasteiger partial charge < -0.3 is 5.32 Å². The van der Waals surface area contributed by atoms with Crippen LogP contribution < -0.4 is 5.32 Å². The van der Waals surface area contributed by atoms with Crippen LogP contribution in [0.3, 0.4) is 0 Å². The molecule has 0 bridgehead atoms. The highest BCUT2D eigenvalue weighted by Gasteiger charge is 2.16. The molecular formula is C11H26N2. The lowest BCUT2D eigenvalue weighted by Gasteiger charge is -2.33. The molecule has 0 aromatic rings. The second-order valence-electron chi connectivity index (χ2n) is 4.28. The first kappa shape index (κ1) is 12.9. The summed E-state index contributed by atoms with van der Waals surface area (Å²) in [4.78, 5) is 2.53. The summed E-state index contributed by atoms with van der Waals surface area (Å²) in [6.07, 6.45) is 1.20. The van der Waals surface area contributed by atoms with Crippen LogP contribution in [-0.2, 0) is 0 Å². The van der Waals surface area contributed by atoms with Gasteiger partial charge in [-0.1, -0.05) is 6.92 Å². The second-order valence-corrected chi connectivity index (χ2v) is 4.28. The van der Waals surface area contributed by atoms with Gasteiger partial charge in [0.25, 0.3) is 0 Å². The lowest BCUT2D eigenvalue weighted by atomic mass is 10.1. The Morgan fingerprint density at radius 2 is 1.54 bits per heavy atom. The normalized spacial score (nSPS) is 14.5. The summed E-state index contributed by atoms with van der Waals surface area (Å²) in [7, 11) is 2.05. The number of hydrogen-bond donors (Lipinski definition) is 1. The van der Waals surface area contributed by atoms with Crippen LogP contribution in [0.25, 0.3) is 0 Å². The second kappa shape index (κ2) is 6.39. The fraction of sp³-hybridized carbons (Fsp3) is 1.00. The highest BCUT2D eigenvalue weighted by atomic mass is 15.2. The van der Waals surface area contributed by atoms with Crippen LogP contribution >= 0.6 is 0 Å². The van der Waals surface area contributed by atoms with Gasteiger partial charge in [-0.25, -0.2) is 0 Å². The molecule has 0 spiro atoms. The summed E-state index contributed by atoms with van der Waals surface area (Å²) in [5.74, 6) is 0. The molecular weight excluding hydrogens is 160 g/mol. The van der Waals surface area contributed by atoms with Gasteiger partial charge in [-0.2, -0.15) is 0 Å². The molecule has 2 nitrogen and oxygen atoms in total. The molecule has 0 unspecified atom stereocenters. The molecule has 0 saturated heterocycles. The van der Waals surface area contributed by atoms with Crippen molar-refractivity contribution in [1.82, 2.24) is 10.2 Å². The molecule has 0 aliphatic heterocycles. The minimum absolute atomic E-state index is 0.629. The molecule has 0 aromatic heterocycles. The quantitative estimate of drug-likeness (QED) is 0.683. The minimum atomic E-state index is 0.629. The Hall–Kier alpha value is -0.0800. The van der Waals surface area contributed by atoms with Crippen LogP contribution in [0.15, 0.2) is 0 Å². The van der Waals surface area contributed by atoms with Crippen LogP contribution in [0, 0.1) is 0 Å². The van der Waals surface area contributed by atoms with Gasteiger partial charge in [0.15, 0.2) is 0 Å². The lowest BCUT2D eigenvalue weighted by Crippen LogP contribution is -2.45. The van der Waals surface area contributed by atoms with Gasteiger partial charge in [0.2, 0.25) is 0 Å². The van der Waals surface area contributed by atoms with Crippen molar-refractivity contribution in [2.75, 3.05) is 13.6 Å². The van der Waals surface area contributed by atoms with Crippen molar-refractivity contribution >= 4 is 0 Å². The van der Waals surface area contributed by atoms with Gasteiger partial charge >= 0.3 is 0 Å². The molecule has 1 atom stereocenters. The summed E-state index contributed by atoms with van der Waals surface area (Å²) in [5, 5.41) is 3.35. The van der Waals surface area contributed by atoms with E-state index in [0.717, 1.165) is 6.54 Å². The third kappa shape index (κ3) is 4.63. The van der Waals surface area contributed by atoms with E-state index in [4.69, 9.17) is 0 Å². The molecule has 0 aliphatic rings. The zero-order valence-corrected chi connectivity index (χ0v) is 10.1. The van der Waals surface area contributed by atoms with E-state index in [1.54, 1.807) is 0 Å². The first-order chi connectivity index (χ1) is 6.02. The van der Waals surface area contributed by atoms with Crippen molar-refractivity contribution in [2.45, 2.75) is 59.2 Å². The molecule has 80 valence electrons. The van der Waals surface area contributed by atoms with Crippen molar-refractivity contribution in [2.24, 2.45) is 0 Å². The average Bonchev–Trinajstić information content (AvgIpc) is 2.05. The molecule has 2 heteroatoms. The van der Waals surface area contributed by atoms with Gasteiger partial charge in [0.05, 0.1) is 0 Å². The van der Waals surface area contributed by atoms with Crippen LogP contribution in [-0.4, -0.2) is 36.6 Å². The van der Waals surface area contributed by atoms with Crippen molar-refractivity contribution < 1.29 is 0 Å². The van der Waals surface area contributed by atoms with Gasteiger partial charge in [-0.15, -0.1) is 0 Å². The van der Waals surface area contributed by atoms with E-state index in [9.17, 15) is 0 Å². The summed E-state index contributed by atoms with van der Waals surface area (Å²) in [6.45, 7) is 12.5. The molecule has 0 rings (SSSR count). The summed E-state index contributed by atoms with van der Waals surface area (Å²) in [5.41, 5.74) is 0. The predicted molar refractivity (Wildman–Crippen MR) is 60.1 cm³/mol. The largest absolute Gasteiger partial charge is 0.316 e. The van der Waals surface area contributed by atoms with E-state index in [2.05, 4.69) is 44.8 Å². The smallest absolute Gasteiger partial charge is 0.0189 e. The van der Waals surface area contributed by atoms with E-state index < -0.39 is 0 Å². The van der Waals surface area contributed by atoms with Crippen molar-refractivity contribution in [3.63, 3.8) is 0 Å². The van der Waals surface area contributed by atoms with Crippen LogP contribution in [0.1, 0.15) is 41.0 Å². The molecule has 0 radical (unpaired) electrons. The number of nitrogens with one attached hydrogen (secondary N) is 1. The predicted octanol–water partition coefficient (Wildman–Crippen LogP) is 2.10. The maximum atomic E-state index is 3.35. The zero-order chi connectivity index (χ0) is 10.4. The highest BCUT2D eigenvalue weighted by molar-refractivity contribution is 4.74. The molecule has 1 N–H and O–H groups in total. The molecule has 0 saturated carbocycles. The Balaban J connectivity index is 4.08. The van der Waals surface area contributed by atoms with Crippen molar-refractivity contribution in [1.29, 1.82) is 0 Å². The maximum absolute atomic E-state index is 3.35. The summed E-state index contributed by atoms with van der Waals surface area (Å²) >= 11 is 0. The lowest BCUT2D eigenvalue weighted by molar-refractivity contribution is 0.156. The molecule has 0 amide bonds. The van der Waals surface area contributed by atoms with Gasteiger partial charge in [-0.05, 0) is 41.2 Å². The van der Waals surface area contributed by atoms with Gasteiger partial charge in [-0.3, -0.25) is 4.90 Å². The Bertz CT molecular complexity index is 109. The summed E-state index contributed by atoms with van der Waals surface area (Å²) in [6, 6.07) is 1.91. The molecule has 13 heavy (non-hydrogen) atoms. The SMILES string of the molecule is CC[C@@H](CN(C(C)C)C(C)C)NC. The minimum Gasteiger partial charge on any atom is -0.316 e.